The Morgan fingerprint density at radius 3 is 2.69 bits per heavy atom. The van der Waals surface area contributed by atoms with Crippen LogP contribution in [0.3, 0.4) is 0 Å². The van der Waals surface area contributed by atoms with Gasteiger partial charge in [-0.05, 0) is 6.92 Å². The molecule has 0 saturated heterocycles. The molecule has 0 aliphatic heterocycles. The third kappa shape index (κ3) is 2.47. The predicted octanol–water partition coefficient (Wildman–Crippen LogP) is 0.726. The summed E-state index contributed by atoms with van der Waals surface area (Å²) in [6, 6.07) is -0.144. The van der Waals surface area contributed by atoms with Gasteiger partial charge in [-0.3, -0.25) is 4.57 Å². The largest absolute Gasteiger partial charge is 0.335 e. The summed E-state index contributed by atoms with van der Waals surface area (Å²) in [5, 5.41) is 2.86. The zero-order valence-electron chi connectivity index (χ0n) is 8.95. The normalized spacial score (nSPS) is 12.3. The molecule has 0 aromatic carbocycles. The smallest absolute Gasteiger partial charge is 0.327 e. The number of hydrogen-bond donors (Lipinski definition) is 1. The lowest BCUT2D eigenvalue weighted by Gasteiger charge is -2.14. The average Bonchev–Trinajstić information content (AvgIpc) is 2.88. The van der Waals surface area contributed by atoms with E-state index in [2.05, 4.69) is 15.3 Å². The fourth-order valence-electron chi connectivity index (χ4n) is 1.42. The van der Waals surface area contributed by atoms with E-state index < -0.39 is 0 Å². The van der Waals surface area contributed by atoms with E-state index in [9.17, 15) is 4.79 Å². The van der Waals surface area contributed by atoms with Crippen molar-refractivity contribution in [1.29, 1.82) is 0 Å². The molecule has 6 nitrogen and oxygen atoms in total. The van der Waals surface area contributed by atoms with E-state index in [1.165, 1.54) is 10.9 Å². The van der Waals surface area contributed by atoms with Crippen LogP contribution in [0.25, 0.3) is 0 Å². The van der Waals surface area contributed by atoms with Crippen LogP contribution >= 0.6 is 0 Å². The molecular weight excluding hydrogens is 206 g/mol. The lowest BCUT2D eigenvalue weighted by atomic mass is 10.3. The van der Waals surface area contributed by atoms with Crippen LogP contribution in [-0.2, 0) is 6.54 Å². The Hall–Kier alpha value is -2.11. The van der Waals surface area contributed by atoms with Gasteiger partial charge in [0.15, 0.2) is 0 Å². The Bertz CT molecular complexity index is 434. The van der Waals surface area contributed by atoms with Crippen molar-refractivity contribution in [2.45, 2.75) is 19.5 Å². The number of nitrogens with zero attached hydrogens (tertiary/aromatic N) is 4. The lowest BCUT2D eigenvalue weighted by Crippen LogP contribution is -2.37. The molecule has 6 heteroatoms. The van der Waals surface area contributed by atoms with Gasteiger partial charge < -0.3 is 9.88 Å². The molecule has 0 saturated carbocycles. The number of rotatable bonds is 3. The molecule has 84 valence electrons. The molecule has 0 spiro atoms. The molecule has 1 amide bonds. The van der Waals surface area contributed by atoms with Crippen molar-refractivity contribution in [2.24, 2.45) is 0 Å². The summed E-state index contributed by atoms with van der Waals surface area (Å²) in [7, 11) is 0. The van der Waals surface area contributed by atoms with Crippen molar-refractivity contribution in [3.8, 4) is 0 Å². The van der Waals surface area contributed by atoms with Crippen molar-refractivity contribution in [2.75, 3.05) is 0 Å². The number of hydrogen-bond acceptors (Lipinski definition) is 3. The number of aromatic nitrogens is 4. The summed E-state index contributed by atoms with van der Waals surface area (Å²) in [6.45, 7) is 2.63. The van der Waals surface area contributed by atoms with E-state index in [-0.39, 0.29) is 12.1 Å². The van der Waals surface area contributed by atoms with Gasteiger partial charge in [0.2, 0.25) is 0 Å². The van der Waals surface area contributed by atoms with E-state index >= 15 is 0 Å². The van der Waals surface area contributed by atoms with E-state index in [1.54, 1.807) is 24.9 Å². The molecule has 2 aromatic rings. The van der Waals surface area contributed by atoms with Crippen LogP contribution in [0.15, 0.2) is 37.4 Å². The maximum Gasteiger partial charge on any atom is 0.327 e. The highest BCUT2D eigenvalue weighted by atomic mass is 16.2. The highest BCUT2D eigenvalue weighted by Gasteiger charge is 2.08. The number of carbonyl (C=O) groups excluding carboxylic acids is 1. The second-order valence-electron chi connectivity index (χ2n) is 3.58. The third-order valence-electron chi connectivity index (χ3n) is 2.15. The minimum atomic E-state index is -0.176. The van der Waals surface area contributed by atoms with Crippen LogP contribution in [0, 0.1) is 0 Å². The minimum absolute atomic E-state index is 0.0316. The summed E-state index contributed by atoms with van der Waals surface area (Å²) in [4.78, 5) is 19.4. The topological polar surface area (TPSA) is 64.7 Å². The fraction of sp³-hybridized carbons (Fsp3) is 0.300. The van der Waals surface area contributed by atoms with Crippen LogP contribution in [0.1, 0.15) is 6.92 Å². The molecule has 2 aromatic heterocycles. The van der Waals surface area contributed by atoms with Crippen molar-refractivity contribution in [3.05, 3.63) is 37.4 Å². The van der Waals surface area contributed by atoms with Gasteiger partial charge >= 0.3 is 6.03 Å². The Morgan fingerprint density at radius 2 is 2.06 bits per heavy atom. The fourth-order valence-corrected chi connectivity index (χ4v) is 1.42. The average molecular weight is 219 g/mol. The summed E-state index contributed by atoms with van der Waals surface area (Å²) in [5.74, 6) is 0. The lowest BCUT2D eigenvalue weighted by molar-refractivity contribution is 0.238. The molecule has 0 fully saturated rings. The molecule has 0 bridgehead atoms. The molecule has 0 radical (unpaired) electrons. The van der Waals surface area contributed by atoms with Crippen LogP contribution < -0.4 is 5.32 Å². The molecular formula is C10H13N5O. The second-order valence-corrected chi connectivity index (χ2v) is 3.58. The van der Waals surface area contributed by atoms with Gasteiger partial charge in [0.05, 0.1) is 6.33 Å². The zero-order valence-corrected chi connectivity index (χ0v) is 8.95. The van der Waals surface area contributed by atoms with Gasteiger partial charge in [0.1, 0.15) is 6.33 Å². The third-order valence-corrected chi connectivity index (χ3v) is 2.15. The zero-order chi connectivity index (χ0) is 11.4. The SMILES string of the molecule is CC(Cn1ccnc1)NC(=O)n1ccnc1. The van der Waals surface area contributed by atoms with E-state index in [0.29, 0.717) is 6.54 Å². The van der Waals surface area contributed by atoms with E-state index in [4.69, 9.17) is 0 Å². The second kappa shape index (κ2) is 4.61. The van der Waals surface area contributed by atoms with E-state index in [0.717, 1.165) is 0 Å². The van der Waals surface area contributed by atoms with Gasteiger partial charge in [0.25, 0.3) is 0 Å². The summed E-state index contributed by atoms with van der Waals surface area (Å²) < 4.78 is 3.32. The van der Waals surface area contributed by atoms with Crippen molar-refractivity contribution < 1.29 is 4.79 Å². The van der Waals surface area contributed by atoms with Crippen LogP contribution in [0.4, 0.5) is 4.79 Å². The van der Waals surface area contributed by atoms with Crippen LogP contribution in [-0.4, -0.2) is 31.2 Å². The number of amides is 1. The summed E-state index contributed by atoms with van der Waals surface area (Å²) in [5.41, 5.74) is 0. The molecule has 0 aliphatic carbocycles. The van der Waals surface area contributed by atoms with Crippen LogP contribution in [0.5, 0.6) is 0 Å². The monoisotopic (exact) mass is 219 g/mol. The maximum absolute atomic E-state index is 11.6. The molecule has 1 atom stereocenters. The quantitative estimate of drug-likeness (QED) is 0.827. The Kier molecular flexibility index (Phi) is 3.00. The first-order valence-corrected chi connectivity index (χ1v) is 5.00. The van der Waals surface area contributed by atoms with Crippen molar-refractivity contribution >= 4 is 6.03 Å². The van der Waals surface area contributed by atoms with Crippen LogP contribution in [0.2, 0.25) is 0 Å². The number of nitrogens with one attached hydrogen (secondary N) is 1. The Balaban J connectivity index is 1.88. The molecule has 2 rings (SSSR count). The van der Waals surface area contributed by atoms with Gasteiger partial charge in [-0.15, -0.1) is 0 Å². The molecule has 1 unspecified atom stereocenters. The Labute approximate surface area is 92.9 Å². The molecule has 0 aliphatic rings. The molecule has 1 N–H and O–H groups in total. The van der Waals surface area contributed by atoms with Crippen molar-refractivity contribution in [3.63, 3.8) is 0 Å². The van der Waals surface area contributed by atoms with Gasteiger partial charge in [-0.25, -0.2) is 14.8 Å². The van der Waals surface area contributed by atoms with Crippen molar-refractivity contribution in [1.82, 2.24) is 24.4 Å². The first-order chi connectivity index (χ1) is 7.75. The number of carbonyl (C=O) groups is 1. The minimum Gasteiger partial charge on any atom is -0.335 e. The summed E-state index contributed by atoms with van der Waals surface area (Å²) >= 11 is 0. The van der Waals surface area contributed by atoms with Gasteiger partial charge in [-0.2, -0.15) is 0 Å². The van der Waals surface area contributed by atoms with E-state index in [1.807, 2.05) is 17.7 Å². The van der Waals surface area contributed by atoms with Gasteiger partial charge in [-0.1, -0.05) is 0 Å². The standard InChI is InChI=1S/C10H13N5O/c1-9(6-14-4-2-11-7-14)13-10(16)15-5-3-12-8-15/h2-5,7-9H,6H2,1H3,(H,13,16). The Morgan fingerprint density at radius 1 is 1.31 bits per heavy atom. The highest BCUT2D eigenvalue weighted by molar-refractivity contribution is 5.76. The predicted molar refractivity (Wildman–Crippen MR) is 57.8 cm³/mol. The first kappa shape index (κ1) is 10.4. The van der Waals surface area contributed by atoms with Gasteiger partial charge in [0, 0.05) is 37.4 Å². The molecule has 16 heavy (non-hydrogen) atoms. The summed E-state index contributed by atoms with van der Waals surface area (Å²) in [6.07, 6.45) is 9.95. The highest BCUT2D eigenvalue weighted by Crippen LogP contribution is 1.93. The number of imidazole rings is 2. The molecule has 2 heterocycles. The first-order valence-electron chi connectivity index (χ1n) is 5.00. The maximum atomic E-state index is 11.6.